The van der Waals surface area contributed by atoms with Gasteiger partial charge in [-0.15, -0.1) is 0 Å². The summed E-state index contributed by atoms with van der Waals surface area (Å²) in [5.41, 5.74) is 2.87. The fourth-order valence-corrected chi connectivity index (χ4v) is 3.27. The summed E-state index contributed by atoms with van der Waals surface area (Å²) >= 11 is 0. The van der Waals surface area contributed by atoms with Crippen LogP contribution in [0.2, 0.25) is 0 Å². The van der Waals surface area contributed by atoms with Gasteiger partial charge in [0.05, 0.1) is 12.6 Å². The Bertz CT molecular complexity index is 1060. The van der Waals surface area contributed by atoms with E-state index >= 15 is 0 Å². The summed E-state index contributed by atoms with van der Waals surface area (Å²) in [5, 5.41) is 14.0. The molecule has 3 aromatic rings. The number of aromatic amines is 1. The lowest BCUT2D eigenvalue weighted by atomic mass is 10.1. The molecule has 5 rings (SSSR count). The Kier molecular flexibility index (Phi) is 4.35. The van der Waals surface area contributed by atoms with E-state index in [-0.39, 0.29) is 6.04 Å². The predicted molar refractivity (Wildman–Crippen MR) is 110 cm³/mol. The molecule has 0 bridgehead atoms. The molecule has 2 fully saturated rings. The molecule has 0 radical (unpaired) electrons. The van der Waals surface area contributed by atoms with Crippen molar-refractivity contribution >= 4 is 23.4 Å². The number of hydrogen-bond donors (Lipinski definition) is 3. The maximum absolute atomic E-state index is 7.08. The molecular formula is C21H22N8. The van der Waals surface area contributed by atoms with Crippen molar-refractivity contribution in [2.24, 2.45) is 0 Å². The van der Waals surface area contributed by atoms with Crippen LogP contribution in [0.15, 0.2) is 30.3 Å². The minimum atomic E-state index is 0.00365. The first-order valence-electron chi connectivity index (χ1n) is 10.00. The molecule has 0 spiro atoms. The molecular weight excluding hydrogens is 364 g/mol. The molecule has 2 aliphatic rings. The van der Waals surface area contributed by atoms with E-state index in [9.17, 15) is 0 Å². The maximum atomic E-state index is 7.08. The van der Waals surface area contributed by atoms with Gasteiger partial charge in [0.15, 0.2) is 11.5 Å². The number of H-pyrrole nitrogens is 1. The third-order valence-corrected chi connectivity index (χ3v) is 5.32. The third-order valence-electron chi connectivity index (χ3n) is 5.32. The van der Waals surface area contributed by atoms with Crippen LogP contribution in [0.4, 0.5) is 23.4 Å². The lowest BCUT2D eigenvalue weighted by Crippen LogP contribution is -2.12. The van der Waals surface area contributed by atoms with E-state index in [0.29, 0.717) is 29.4 Å². The molecule has 8 heteroatoms. The van der Waals surface area contributed by atoms with Crippen LogP contribution < -0.4 is 10.6 Å². The zero-order chi connectivity index (χ0) is 19.8. The number of benzene rings is 1. The molecule has 0 saturated heterocycles. The molecule has 2 saturated carbocycles. The van der Waals surface area contributed by atoms with E-state index in [1.165, 1.54) is 18.5 Å². The largest absolute Gasteiger partial charge is 0.348 e. The van der Waals surface area contributed by atoms with E-state index in [1.54, 1.807) is 0 Å². The Balaban J connectivity index is 1.36. The number of nitrogens with one attached hydrogen (secondary N) is 3. The molecule has 1 aromatic carbocycles. The van der Waals surface area contributed by atoms with Gasteiger partial charge in [-0.05, 0) is 38.2 Å². The molecule has 3 N–H and O–H groups in total. The summed E-state index contributed by atoms with van der Waals surface area (Å²) < 4.78 is 0. The van der Waals surface area contributed by atoms with E-state index < -0.39 is 0 Å². The van der Waals surface area contributed by atoms with Crippen molar-refractivity contribution in [3.63, 3.8) is 0 Å². The number of hydrogen-bond acceptors (Lipinski definition) is 6. The van der Waals surface area contributed by atoms with Crippen molar-refractivity contribution in [1.82, 2.24) is 25.1 Å². The summed E-state index contributed by atoms with van der Waals surface area (Å²) in [6.07, 6.45) is 4.68. The molecule has 2 aromatic heterocycles. The Labute approximate surface area is 169 Å². The Morgan fingerprint density at radius 3 is 2.45 bits per heavy atom. The minimum Gasteiger partial charge on any atom is -0.348 e. The lowest BCUT2D eigenvalue weighted by molar-refractivity contribution is 0.830. The zero-order valence-electron chi connectivity index (χ0n) is 16.2. The van der Waals surface area contributed by atoms with Crippen molar-refractivity contribution in [3.05, 3.63) is 58.8 Å². The van der Waals surface area contributed by atoms with E-state index in [4.69, 9.17) is 6.57 Å². The van der Waals surface area contributed by atoms with Crippen molar-refractivity contribution < 1.29 is 0 Å². The molecule has 1 unspecified atom stereocenters. The zero-order valence-corrected chi connectivity index (χ0v) is 16.2. The standard InChI is InChI=1S/C21H22N8/c1-12(13-7-9-16(22-2)10-8-13)23-20-25-19(15-5-6-15)26-21(27-20)24-18-11-17(28-29-18)14-3-4-14/h7-12,14-15H,3-6H2,1H3,(H3,23,24,25,26,27,28,29). The SMILES string of the molecule is [C-]#[N+]c1ccc(C(C)Nc2nc(Nc3cc(C4CC4)[nH]n3)nc(C3CC3)n2)cc1. The van der Waals surface area contributed by atoms with Gasteiger partial charge >= 0.3 is 0 Å². The number of aromatic nitrogens is 5. The highest BCUT2D eigenvalue weighted by atomic mass is 15.3. The highest BCUT2D eigenvalue weighted by Crippen LogP contribution is 2.40. The second-order valence-electron chi connectivity index (χ2n) is 7.79. The van der Waals surface area contributed by atoms with Crippen LogP contribution in [-0.4, -0.2) is 25.1 Å². The van der Waals surface area contributed by atoms with Crippen LogP contribution in [0.3, 0.4) is 0 Å². The van der Waals surface area contributed by atoms with E-state index in [0.717, 1.165) is 30.0 Å². The first kappa shape index (κ1) is 17.6. The normalized spacial score (nSPS) is 16.8. The summed E-state index contributed by atoms with van der Waals surface area (Å²) in [7, 11) is 0. The number of nitrogens with zero attached hydrogens (tertiary/aromatic N) is 5. The first-order valence-corrected chi connectivity index (χ1v) is 10.00. The van der Waals surface area contributed by atoms with Crippen LogP contribution in [-0.2, 0) is 0 Å². The summed E-state index contributed by atoms with van der Waals surface area (Å²) in [6.45, 7) is 9.13. The van der Waals surface area contributed by atoms with Crippen molar-refractivity contribution in [3.8, 4) is 0 Å². The maximum Gasteiger partial charge on any atom is 0.233 e. The highest BCUT2D eigenvalue weighted by Gasteiger charge is 2.29. The molecule has 2 aliphatic carbocycles. The van der Waals surface area contributed by atoms with Crippen LogP contribution in [0.25, 0.3) is 4.85 Å². The summed E-state index contributed by atoms with van der Waals surface area (Å²) in [5.74, 6) is 3.63. The average molecular weight is 386 g/mol. The van der Waals surface area contributed by atoms with Gasteiger partial charge in [0, 0.05) is 23.6 Å². The first-order chi connectivity index (χ1) is 14.2. The molecule has 8 nitrogen and oxygen atoms in total. The smallest absolute Gasteiger partial charge is 0.233 e. The van der Waals surface area contributed by atoms with Crippen LogP contribution in [0.5, 0.6) is 0 Å². The van der Waals surface area contributed by atoms with Gasteiger partial charge in [-0.3, -0.25) is 5.10 Å². The number of rotatable bonds is 7. The van der Waals surface area contributed by atoms with Gasteiger partial charge < -0.3 is 10.6 Å². The van der Waals surface area contributed by atoms with Gasteiger partial charge in [-0.2, -0.15) is 20.1 Å². The van der Waals surface area contributed by atoms with Crippen molar-refractivity contribution in [1.29, 1.82) is 0 Å². The highest BCUT2D eigenvalue weighted by molar-refractivity contribution is 5.51. The van der Waals surface area contributed by atoms with Crippen LogP contribution >= 0.6 is 0 Å². The molecule has 0 amide bonds. The molecule has 29 heavy (non-hydrogen) atoms. The molecule has 1 atom stereocenters. The summed E-state index contributed by atoms with van der Waals surface area (Å²) in [6, 6.07) is 9.60. The molecule has 146 valence electrons. The van der Waals surface area contributed by atoms with Gasteiger partial charge in [0.1, 0.15) is 5.82 Å². The Morgan fingerprint density at radius 2 is 1.76 bits per heavy atom. The minimum absolute atomic E-state index is 0.00365. The van der Waals surface area contributed by atoms with Crippen molar-refractivity contribution in [2.45, 2.75) is 50.5 Å². The average Bonchev–Trinajstić information content (AvgIpc) is 3.66. The fraction of sp³-hybridized carbons (Fsp3) is 0.381. The predicted octanol–water partition coefficient (Wildman–Crippen LogP) is 4.82. The van der Waals surface area contributed by atoms with Crippen LogP contribution in [0, 0.1) is 6.57 Å². The Hall–Kier alpha value is -3.47. The number of anilines is 3. The van der Waals surface area contributed by atoms with Crippen molar-refractivity contribution in [2.75, 3.05) is 10.6 Å². The van der Waals surface area contributed by atoms with Gasteiger partial charge in [0.2, 0.25) is 11.9 Å². The molecule has 2 heterocycles. The van der Waals surface area contributed by atoms with E-state index in [2.05, 4.69) is 47.6 Å². The van der Waals surface area contributed by atoms with E-state index in [1.807, 2.05) is 30.3 Å². The second kappa shape index (κ2) is 7.17. The van der Waals surface area contributed by atoms with Gasteiger partial charge in [0.25, 0.3) is 0 Å². The van der Waals surface area contributed by atoms with Gasteiger partial charge in [-0.1, -0.05) is 24.3 Å². The Morgan fingerprint density at radius 1 is 1.03 bits per heavy atom. The molecule has 0 aliphatic heterocycles. The van der Waals surface area contributed by atoms with Gasteiger partial charge in [-0.25, -0.2) is 4.85 Å². The third kappa shape index (κ3) is 4.04. The second-order valence-corrected chi connectivity index (χ2v) is 7.79. The topological polar surface area (TPSA) is 95.8 Å². The fourth-order valence-electron chi connectivity index (χ4n) is 3.27. The van der Waals surface area contributed by atoms with Crippen LogP contribution in [0.1, 0.15) is 67.6 Å². The lowest BCUT2D eigenvalue weighted by Gasteiger charge is -2.15. The quantitative estimate of drug-likeness (QED) is 0.504. The summed E-state index contributed by atoms with van der Waals surface area (Å²) in [4.78, 5) is 17.2. The monoisotopic (exact) mass is 386 g/mol.